The number of aromatic nitrogens is 4. The molecule has 0 aliphatic carbocycles. The summed E-state index contributed by atoms with van der Waals surface area (Å²) in [6.45, 7) is 2.77. The third-order valence-electron chi connectivity index (χ3n) is 4.27. The highest BCUT2D eigenvalue weighted by atomic mass is 31.1. The van der Waals surface area contributed by atoms with Gasteiger partial charge in [0.25, 0.3) is 5.85 Å². The van der Waals surface area contributed by atoms with Gasteiger partial charge < -0.3 is 24.8 Å². The van der Waals surface area contributed by atoms with Gasteiger partial charge in [-0.1, -0.05) is 0 Å². The molecular weight excluding hydrogens is 372 g/mol. The van der Waals surface area contributed by atoms with Crippen LogP contribution in [0.3, 0.4) is 0 Å². The summed E-state index contributed by atoms with van der Waals surface area (Å²) in [7, 11) is -2.93. The first-order valence-corrected chi connectivity index (χ1v) is 9.04. The molecule has 2 aliphatic rings. The van der Waals surface area contributed by atoms with E-state index in [-0.39, 0.29) is 23.0 Å². The molecule has 3 N–H and O–H groups in total. The van der Waals surface area contributed by atoms with E-state index >= 15 is 4.39 Å². The van der Waals surface area contributed by atoms with Crippen molar-refractivity contribution >= 4 is 25.4 Å². The lowest BCUT2D eigenvalue weighted by Gasteiger charge is -2.33. The fourth-order valence-electron chi connectivity index (χ4n) is 3.19. The molecule has 142 valence electrons. The molecule has 2 aliphatic heterocycles. The fourth-order valence-corrected chi connectivity index (χ4v) is 4.18. The number of hydrogen-bond donors (Lipinski definition) is 2. The molecule has 0 saturated carbocycles. The molecule has 4 rings (SSSR count). The zero-order chi connectivity index (χ0) is 18.7. The lowest BCUT2D eigenvalue weighted by molar-refractivity contribution is -0.211. The second-order valence-corrected chi connectivity index (χ2v) is 7.19. The predicted molar refractivity (Wildman–Crippen MR) is 85.3 cm³/mol. The van der Waals surface area contributed by atoms with Crippen molar-refractivity contribution in [2.24, 2.45) is 0 Å². The van der Waals surface area contributed by atoms with Crippen LogP contribution in [0.4, 0.5) is 10.3 Å². The van der Waals surface area contributed by atoms with Gasteiger partial charge in [0.1, 0.15) is 12.2 Å². The second-order valence-electron chi connectivity index (χ2n) is 6.16. The molecule has 2 fully saturated rings. The summed E-state index contributed by atoms with van der Waals surface area (Å²) in [5.74, 6) is -2.41. The number of hydrogen-bond acceptors (Lipinski definition) is 10. The molecule has 0 bridgehead atoms. The normalized spacial score (nSPS) is 37.0. The number of anilines is 1. The number of aliphatic hydroxyl groups is 1. The Hall–Kier alpha value is -1.85. The van der Waals surface area contributed by atoms with Gasteiger partial charge in [-0.2, -0.15) is 9.97 Å². The van der Waals surface area contributed by atoms with E-state index in [2.05, 4.69) is 15.0 Å². The summed E-state index contributed by atoms with van der Waals surface area (Å²) in [5, 5.41) is 10.9. The Morgan fingerprint density at radius 1 is 1.58 bits per heavy atom. The van der Waals surface area contributed by atoms with Crippen LogP contribution in [-0.2, 0) is 18.3 Å². The van der Waals surface area contributed by atoms with Gasteiger partial charge in [0, 0.05) is 0 Å². The molecule has 26 heavy (non-hydrogen) atoms. The van der Waals surface area contributed by atoms with E-state index < -0.39 is 38.6 Å². The first-order chi connectivity index (χ1) is 12.3. The molecule has 13 heteroatoms. The van der Waals surface area contributed by atoms with Gasteiger partial charge in [-0.25, -0.2) is 9.37 Å². The highest BCUT2D eigenvalue weighted by Gasteiger charge is 2.66. The van der Waals surface area contributed by atoms with Gasteiger partial charge in [-0.3, -0.25) is 13.7 Å². The Bertz CT molecular complexity index is 893. The largest absolute Gasteiger partial charge is 0.476 e. The predicted octanol–water partition coefficient (Wildman–Crippen LogP) is 0.558. The average molecular weight is 389 g/mol. The van der Waals surface area contributed by atoms with Crippen LogP contribution < -0.4 is 10.5 Å². The third-order valence-corrected chi connectivity index (χ3v) is 5.08. The maximum atomic E-state index is 15.1. The number of halogens is 1. The highest BCUT2D eigenvalue weighted by Crippen LogP contribution is 2.54. The van der Waals surface area contributed by atoms with Crippen LogP contribution in [0.5, 0.6) is 5.88 Å². The number of nitrogens with zero attached hydrogens (tertiary/aromatic N) is 4. The van der Waals surface area contributed by atoms with Crippen LogP contribution in [0, 0.1) is 0 Å². The molecule has 2 aromatic rings. The van der Waals surface area contributed by atoms with Crippen molar-refractivity contribution in [1.82, 2.24) is 19.5 Å². The number of imidazole rings is 1. The molecule has 4 heterocycles. The molecule has 0 amide bonds. The fraction of sp³-hybridized carbons (Fsp3) is 0.615. The Balaban J connectivity index is 1.82. The van der Waals surface area contributed by atoms with Crippen LogP contribution in [-0.4, -0.2) is 55.4 Å². The zero-order valence-electron chi connectivity index (χ0n) is 13.9. The van der Waals surface area contributed by atoms with Crippen molar-refractivity contribution in [2.45, 2.75) is 37.6 Å². The third kappa shape index (κ3) is 2.48. The van der Waals surface area contributed by atoms with Crippen LogP contribution in [0.15, 0.2) is 6.33 Å². The van der Waals surface area contributed by atoms with E-state index in [1.54, 1.807) is 6.92 Å². The van der Waals surface area contributed by atoms with Crippen molar-refractivity contribution in [3.05, 3.63) is 6.33 Å². The summed E-state index contributed by atoms with van der Waals surface area (Å²) in [6.07, 6.45) is -1.50. The van der Waals surface area contributed by atoms with Crippen LogP contribution in [0.1, 0.15) is 20.1 Å². The van der Waals surface area contributed by atoms with Gasteiger partial charge in [0.05, 0.1) is 12.9 Å². The molecule has 0 spiro atoms. The zero-order valence-corrected chi connectivity index (χ0v) is 14.9. The van der Waals surface area contributed by atoms with Gasteiger partial charge in [0.15, 0.2) is 23.5 Å². The first-order valence-electron chi connectivity index (χ1n) is 7.81. The van der Waals surface area contributed by atoms with Crippen molar-refractivity contribution in [2.75, 3.05) is 18.9 Å². The van der Waals surface area contributed by atoms with E-state index in [0.29, 0.717) is 6.61 Å². The van der Waals surface area contributed by atoms with Crippen LogP contribution in [0.25, 0.3) is 11.2 Å². The van der Waals surface area contributed by atoms with E-state index in [1.165, 1.54) is 17.8 Å². The number of fused-ring (bicyclic) bond motifs is 2. The molecule has 0 aromatic carbocycles. The van der Waals surface area contributed by atoms with Crippen molar-refractivity contribution < 1.29 is 32.6 Å². The quantitative estimate of drug-likeness (QED) is 0.714. The number of alkyl halides is 1. The molecule has 0 radical (unpaired) electrons. The van der Waals surface area contributed by atoms with Gasteiger partial charge in [0.2, 0.25) is 11.8 Å². The smallest absolute Gasteiger partial charge is 0.319 e. The number of rotatable bonds is 3. The Kier molecular flexibility index (Phi) is 3.93. The molecule has 2 saturated heterocycles. The van der Waals surface area contributed by atoms with Crippen molar-refractivity contribution in [1.29, 1.82) is 0 Å². The minimum Gasteiger partial charge on any atom is -0.476 e. The minimum atomic E-state index is -2.93. The SMILES string of the molecule is CCOc1nc(N)nc2c1ncn2[C@@H]1O[C@]2(F)CO[PH](=O)O[C@H]2[C@@]1(C)O. The van der Waals surface area contributed by atoms with E-state index in [0.717, 1.165) is 0 Å². The van der Waals surface area contributed by atoms with E-state index in [1.807, 2.05) is 0 Å². The topological polar surface area (TPSA) is 144 Å². The second kappa shape index (κ2) is 5.83. The maximum Gasteiger partial charge on any atom is 0.319 e. The molecule has 1 unspecified atom stereocenters. The first kappa shape index (κ1) is 17.6. The number of nitrogens with two attached hydrogens (primary N) is 1. The highest BCUT2D eigenvalue weighted by molar-refractivity contribution is 7.33. The summed E-state index contributed by atoms with van der Waals surface area (Å²) in [4.78, 5) is 12.2. The maximum absolute atomic E-state index is 15.1. The minimum absolute atomic E-state index is 0.0858. The lowest BCUT2D eigenvalue weighted by Crippen LogP contribution is -2.51. The number of nitrogen functional groups attached to an aromatic ring is 1. The Morgan fingerprint density at radius 2 is 2.35 bits per heavy atom. The molecule has 2 aromatic heterocycles. The standard InChI is InChI=1S/C13H17FN5O6P/c1-3-22-8-6-7(17-11(15)18-8)19(5-16-6)10-12(2,20)9-13(14,24-10)4-23-26(21)25-9/h5,9-10,20,26H,3-4H2,1-2H3,(H2,15,17,18)/t9-,10+,12+,13+/m0/s1. The summed E-state index contributed by atoms with van der Waals surface area (Å²) in [6, 6.07) is 0. The summed E-state index contributed by atoms with van der Waals surface area (Å²) in [5.41, 5.74) is 4.27. The Morgan fingerprint density at radius 3 is 3.08 bits per heavy atom. The molecular formula is C13H17FN5O6P. The van der Waals surface area contributed by atoms with Crippen LogP contribution >= 0.6 is 8.25 Å². The lowest BCUT2D eigenvalue weighted by atomic mass is 9.95. The van der Waals surface area contributed by atoms with E-state index in [4.69, 9.17) is 24.3 Å². The van der Waals surface area contributed by atoms with Gasteiger partial charge in [-0.15, -0.1) is 0 Å². The van der Waals surface area contributed by atoms with Gasteiger partial charge in [-0.05, 0) is 13.8 Å². The number of ether oxygens (including phenoxy) is 2. The molecule has 5 atom stereocenters. The summed E-state index contributed by atoms with van der Waals surface area (Å²) >= 11 is 0. The molecule has 11 nitrogen and oxygen atoms in total. The monoisotopic (exact) mass is 389 g/mol. The van der Waals surface area contributed by atoms with Crippen molar-refractivity contribution in [3.8, 4) is 5.88 Å². The van der Waals surface area contributed by atoms with Crippen LogP contribution in [0.2, 0.25) is 0 Å². The average Bonchev–Trinajstić information content (AvgIpc) is 3.06. The Labute approximate surface area is 147 Å². The van der Waals surface area contributed by atoms with Gasteiger partial charge >= 0.3 is 8.25 Å². The van der Waals surface area contributed by atoms with E-state index in [9.17, 15) is 9.67 Å². The van der Waals surface area contributed by atoms with Crippen molar-refractivity contribution in [3.63, 3.8) is 0 Å². The summed E-state index contributed by atoms with van der Waals surface area (Å²) < 4.78 is 48.5.